The maximum Gasteiger partial charge on any atom is 0.293 e. The van der Waals surface area contributed by atoms with Crippen LogP contribution in [0, 0.1) is 0 Å². The number of nitrogens with one attached hydrogen (secondary N) is 1. The first kappa shape index (κ1) is 25.4. The van der Waals surface area contributed by atoms with Crippen LogP contribution in [-0.4, -0.2) is 60.4 Å². The molecule has 4 rings (SSSR count). The number of sulfonamides is 1. The molecule has 35 heavy (non-hydrogen) atoms. The number of halogens is 1. The molecule has 2 saturated heterocycles. The second-order valence-corrected chi connectivity index (χ2v) is 11.4. The lowest BCUT2D eigenvalue weighted by atomic mass is 10.0. The van der Waals surface area contributed by atoms with E-state index in [-0.39, 0.29) is 29.4 Å². The standard InChI is InChI=1S/C24H24ClN3O5S2/c25-18-11-9-17(10-12-18)16-21-23(30)27(24(31)34-21)15-13-26-22(29)20-8-4-5-14-28(20)35(32,33)19-6-2-1-3-7-19/h1-3,6-7,9-12,16,20H,4-5,8,13-15H2,(H,26,29)/b21-16+. The van der Waals surface area contributed by atoms with Crippen molar-refractivity contribution in [1.29, 1.82) is 0 Å². The third kappa shape index (κ3) is 5.78. The highest BCUT2D eigenvalue weighted by Gasteiger charge is 2.38. The summed E-state index contributed by atoms with van der Waals surface area (Å²) in [4.78, 5) is 39.5. The molecule has 3 amide bonds. The second kappa shape index (κ2) is 10.9. The van der Waals surface area contributed by atoms with Crippen molar-refractivity contribution in [2.24, 2.45) is 0 Å². The molecule has 8 nitrogen and oxygen atoms in total. The Balaban J connectivity index is 1.37. The quantitative estimate of drug-likeness (QED) is 0.544. The molecule has 2 aliphatic heterocycles. The number of rotatable bonds is 7. The summed E-state index contributed by atoms with van der Waals surface area (Å²) in [5.74, 6) is -0.872. The van der Waals surface area contributed by atoms with Gasteiger partial charge >= 0.3 is 0 Å². The van der Waals surface area contributed by atoms with Crippen LogP contribution in [0.5, 0.6) is 0 Å². The Morgan fingerprint density at radius 3 is 2.51 bits per heavy atom. The molecule has 2 aromatic rings. The van der Waals surface area contributed by atoms with Crippen molar-refractivity contribution in [3.05, 3.63) is 70.1 Å². The third-order valence-electron chi connectivity index (χ3n) is 5.78. The molecule has 0 aliphatic carbocycles. The Labute approximate surface area is 213 Å². The van der Waals surface area contributed by atoms with Crippen LogP contribution in [0.3, 0.4) is 0 Å². The monoisotopic (exact) mass is 533 g/mol. The SMILES string of the molecule is O=C(NCCN1C(=O)S/C(=C/c2ccc(Cl)cc2)C1=O)C1CCCCN1S(=O)(=O)c1ccccc1. The fraction of sp³-hybridized carbons (Fsp3) is 0.292. The average Bonchev–Trinajstić information content (AvgIpc) is 3.13. The molecular weight excluding hydrogens is 510 g/mol. The molecule has 184 valence electrons. The van der Waals surface area contributed by atoms with Crippen molar-refractivity contribution in [3.8, 4) is 0 Å². The molecule has 0 radical (unpaired) electrons. The van der Waals surface area contributed by atoms with E-state index >= 15 is 0 Å². The molecule has 2 fully saturated rings. The van der Waals surface area contributed by atoms with Gasteiger partial charge in [-0.3, -0.25) is 19.3 Å². The van der Waals surface area contributed by atoms with Gasteiger partial charge in [-0.15, -0.1) is 0 Å². The molecule has 1 unspecified atom stereocenters. The minimum Gasteiger partial charge on any atom is -0.353 e. The van der Waals surface area contributed by atoms with Gasteiger partial charge in [-0.2, -0.15) is 4.31 Å². The number of hydrogen-bond acceptors (Lipinski definition) is 6. The largest absolute Gasteiger partial charge is 0.353 e. The van der Waals surface area contributed by atoms with Gasteiger partial charge in [0.1, 0.15) is 6.04 Å². The topological polar surface area (TPSA) is 104 Å². The van der Waals surface area contributed by atoms with Crippen molar-refractivity contribution in [1.82, 2.24) is 14.5 Å². The molecule has 0 aromatic heterocycles. The fourth-order valence-electron chi connectivity index (χ4n) is 3.99. The van der Waals surface area contributed by atoms with Gasteiger partial charge in [-0.25, -0.2) is 8.42 Å². The van der Waals surface area contributed by atoms with Gasteiger partial charge in [-0.1, -0.05) is 48.4 Å². The van der Waals surface area contributed by atoms with E-state index in [0.717, 1.165) is 28.6 Å². The van der Waals surface area contributed by atoms with Gasteiger partial charge in [0.2, 0.25) is 15.9 Å². The molecule has 2 heterocycles. The summed E-state index contributed by atoms with van der Waals surface area (Å²) in [6.45, 7) is 0.279. The van der Waals surface area contributed by atoms with Crippen molar-refractivity contribution in [3.63, 3.8) is 0 Å². The Bertz CT molecular complexity index is 1250. The Morgan fingerprint density at radius 1 is 1.09 bits per heavy atom. The van der Waals surface area contributed by atoms with E-state index in [9.17, 15) is 22.8 Å². The van der Waals surface area contributed by atoms with Crippen molar-refractivity contribution in [2.45, 2.75) is 30.2 Å². The average molecular weight is 534 g/mol. The van der Waals surface area contributed by atoms with Crippen LogP contribution in [0.4, 0.5) is 4.79 Å². The molecular formula is C24H24ClN3O5S2. The van der Waals surface area contributed by atoms with Gasteiger partial charge in [0, 0.05) is 24.7 Å². The summed E-state index contributed by atoms with van der Waals surface area (Å²) in [5.41, 5.74) is 0.741. The Morgan fingerprint density at radius 2 is 1.80 bits per heavy atom. The highest BCUT2D eigenvalue weighted by molar-refractivity contribution is 8.18. The summed E-state index contributed by atoms with van der Waals surface area (Å²) in [6, 6.07) is 14.1. The highest BCUT2D eigenvalue weighted by atomic mass is 35.5. The van der Waals surface area contributed by atoms with Gasteiger partial charge < -0.3 is 5.32 Å². The van der Waals surface area contributed by atoms with Crippen molar-refractivity contribution in [2.75, 3.05) is 19.6 Å². The lowest BCUT2D eigenvalue weighted by Crippen LogP contribution is -2.52. The van der Waals surface area contributed by atoms with Gasteiger partial charge in [0.15, 0.2) is 0 Å². The van der Waals surface area contributed by atoms with E-state index in [1.807, 2.05) is 0 Å². The normalized spacial score (nSPS) is 20.4. The van der Waals surface area contributed by atoms with Gasteiger partial charge in [0.05, 0.1) is 9.80 Å². The molecule has 2 aliphatic rings. The van der Waals surface area contributed by atoms with Crippen molar-refractivity contribution < 1.29 is 22.8 Å². The summed E-state index contributed by atoms with van der Waals surface area (Å²) < 4.78 is 27.5. The number of carbonyl (C=O) groups excluding carboxylic acids is 3. The van der Waals surface area contributed by atoms with Crippen LogP contribution in [-0.2, 0) is 19.6 Å². The number of benzene rings is 2. The number of imide groups is 1. The number of carbonyl (C=O) groups is 3. The zero-order chi connectivity index (χ0) is 25.0. The Hall–Kier alpha value is -2.66. The molecule has 1 N–H and O–H groups in total. The van der Waals surface area contributed by atoms with Crippen molar-refractivity contribution >= 4 is 56.5 Å². The summed E-state index contributed by atoms with van der Waals surface area (Å²) in [7, 11) is -3.82. The maximum atomic E-state index is 13.1. The van der Waals surface area contributed by atoms with Crippen LogP contribution < -0.4 is 5.32 Å². The second-order valence-electron chi connectivity index (χ2n) is 8.12. The lowest BCUT2D eigenvalue weighted by Gasteiger charge is -2.33. The molecule has 11 heteroatoms. The molecule has 1 atom stereocenters. The number of piperidine rings is 1. The number of hydrogen-bond donors (Lipinski definition) is 1. The van der Waals surface area contributed by atoms with E-state index in [1.165, 1.54) is 16.4 Å². The number of nitrogens with zero attached hydrogens (tertiary/aromatic N) is 2. The summed E-state index contributed by atoms with van der Waals surface area (Å²) in [5, 5.41) is 2.86. The van der Waals surface area contributed by atoms with Crippen LogP contribution in [0.15, 0.2) is 64.4 Å². The highest BCUT2D eigenvalue weighted by Crippen LogP contribution is 2.32. The van der Waals surface area contributed by atoms with Crippen LogP contribution >= 0.6 is 23.4 Å². The smallest absolute Gasteiger partial charge is 0.293 e. The number of thioether (sulfide) groups is 1. The van der Waals surface area contributed by atoms with E-state index < -0.39 is 33.1 Å². The van der Waals surface area contributed by atoms with Crippen LogP contribution in [0.1, 0.15) is 24.8 Å². The first-order valence-corrected chi connectivity index (χ1v) is 13.8. The van der Waals surface area contributed by atoms with E-state index in [0.29, 0.717) is 17.9 Å². The maximum absolute atomic E-state index is 13.1. The van der Waals surface area contributed by atoms with Gasteiger partial charge in [-0.05, 0) is 60.5 Å². The first-order chi connectivity index (χ1) is 16.8. The zero-order valence-corrected chi connectivity index (χ0v) is 21.1. The fourth-order valence-corrected chi connectivity index (χ4v) is 6.66. The predicted molar refractivity (Wildman–Crippen MR) is 135 cm³/mol. The van der Waals surface area contributed by atoms with Gasteiger partial charge in [0.25, 0.3) is 11.1 Å². The van der Waals surface area contributed by atoms with E-state index in [1.54, 1.807) is 48.5 Å². The summed E-state index contributed by atoms with van der Waals surface area (Å²) in [6.07, 6.45) is 3.43. The minimum absolute atomic E-state index is 0.00742. The van der Waals surface area contributed by atoms with E-state index in [4.69, 9.17) is 11.6 Å². The molecule has 0 bridgehead atoms. The first-order valence-electron chi connectivity index (χ1n) is 11.1. The van der Waals surface area contributed by atoms with Crippen LogP contribution in [0.2, 0.25) is 5.02 Å². The zero-order valence-electron chi connectivity index (χ0n) is 18.7. The third-order valence-corrected chi connectivity index (χ3v) is 8.86. The lowest BCUT2D eigenvalue weighted by molar-refractivity contribution is -0.127. The minimum atomic E-state index is -3.82. The molecule has 2 aromatic carbocycles. The van der Waals surface area contributed by atoms with Crippen LogP contribution in [0.25, 0.3) is 6.08 Å². The van der Waals surface area contributed by atoms with E-state index in [2.05, 4.69) is 5.32 Å². The Kier molecular flexibility index (Phi) is 7.95. The number of amides is 3. The summed E-state index contributed by atoms with van der Waals surface area (Å²) >= 11 is 6.72. The molecule has 0 spiro atoms. The molecule has 0 saturated carbocycles. The predicted octanol–water partition coefficient (Wildman–Crippen LogP) is 3.74.